The molecule has 1 unspecified atom stereocenters. The van der Waals surface area contributed by atoms with Crippen molar-refractivity contribution in [3.63, 3.8) is 0 Å². The average molecular weight is 407 g/mol. The highest BCUT2D eigenvalue weighted by atomic mass is 32.3. The van der Waals surface area contributed by atoms with E-state index in [1.165, 1.54) is 12.1 Å². The molecule has 0 spiro atoms. The quantitative estimate of drug-likeness (QED) is 0.802. The van der Waals surface area contributed by atoms with E-state index in [4.69, 9.17) is 0 Å². The molecular formula is C20H26N2O3S2. The van der Waals surface area contributed by atoms with Gasteiger partial charge in [-0.15, -0.1) is 0 Å². The fourth-order valence-electron chi connectivity index (χ4n) is 3.19. The predicted molar refractivity (Wildman–Crippen MR) is 108 cm³/mol. The number of benzene rings is 2. The number of nitrogens with zero attached hydrogens (tertiary/aromatic N) is 1. The van der Waals surface area contributed by atoms with Crippen molar-refractivity contribution in [2.24, 2.45) is 3.77 Å². The van der Waals surface area contributed by atoms with Crippen molar-refractivity contribution < 1.29 is 12.6 Å². The SMILES string of the molecule is Cc1ccc(S(=O)(=O)N=S(=O)(NC2CCCCC2)c2ccc(C)cc2)cc1. The number of aryl methyl sites for hydroxylation is 2. The predicted octanol–water partition coefficient (Wildman–Crippen LogP) is 4.36. The first-order valence-electron chi connectivity index (χ1n) is 9.23. The summed E-state index contributed by atoms with van der Waals surface area (Å²) in [5.74, 6) is 0. The third kappa shape index (κ3) is 4.97. The van der Waals surface area contributed by atoms with E-state index in [2.05, 4.69) is 8.49 Å². The normalized spacial score (nSPS) is 18.0. The highest BCUT2D eigenvalue weighted by molar-refractivity contribution is 8.02. The first-order chi connectivity index (χ1) is 12.8. The van der Waals surface area contributed by atoms with Crippen LogP contribution in [0.1, 0.15) is 43.2 Å². The molecule has 1 fully saturated rings. The van der Waals surface area contributed by atoms with Crippen LogP contribution >= 0.6 is 0 Å². The molecule has 0 bridgehead atoms. The Morgan fingerprint density at radius 2 is 1.26 bits per heavy atom. The van der Waals surface area contributed by atoms with Crippen molar-refractivity contribution in [2.75, 3.05) is 0 Å². The minimum atomic E-state index is -4.06. The highest BCUT2D eigenvalue weighted by Crippen LogP contribution is 2.24. The van der Waals surface area contributed by atoms with Gasteiger partial charge in [0.2, 0.25) is 0 Å². The van der Waals surface area contributed by atoms with E-state index < -0.39 is 19.9 Å². The molecule has 2 aromatic carbocycles. The van der Waals surface area contributed by atoms with Crippen molar-refractivity contribution in [1.82, 2.24) is 4.72 Å². The van der Waals surface area contributed by atoms with Crippen LogP contribution in [0.3, 0.4) is 0 Å². The van der Waals surface area contributed by atoms with Crippen molar-refractivity contribution in [2.45, 2.75) is 61.8 Å². The maximum atomic E-state index is 13.8. The zero-order valence-electron chi connectivity index (χ0n) is 15.7. The Morgan fingerprint density at radius 1 is 0.778 bits per heavy atom. The maximum absolute atomic E-state index is 13.8. The smallest absolute Gasteiger partial charge is 0.228 e. The molecule has 3 rings (SSSR count). The molecule has 1 aliphatic carbocycles. The lowest BCUT2D eigenvalue weighted by Crippen LogP contribution is -2.36. The largest absolute Gasteiger partial charge is 0.291 e. The first kappa shape index (κ1) is 20.0. The van der Waals surface area contributed by atoms with Gasteiger partial charge in [-0.25, -0.2) is 8.93 Å². The Morgan fingerprint density at radius 3 is 1.78 bits per heavy atom. The molecule has 146 valence electrons. The lowest BCUT2D eigenvalue weighted by Gasteiger charge is -2.24. The van der Waals surface area contributed by atoms with E-state index in [-0.39, 0.29) is 10.9 Å². The summed E-state index contributed by atoms with van der Waals surface area (Å²) in [6, 6.07) is 13.5. The fourth-order valence-corrected chi connectivity index (χ4v) is 6.97. The summed E-state index contributed by atoms with van der Waals surface area (Å²) in [6.07, 6.45) is 5.01. The summed E-state index contributed by atoms with van der Waals surface area (Å²) in [5, 5.41) is 0. The van der Waals surface area contributed by atoms with Crippen LogP contribution in [-0.4, -0.2) is 18.7 Å². The zero-order valence-corrected chi connectivity index (χ0v) is 17.4. The summed E-state index contributed by atoms with van der Waals surface area (Å²) < 4.78 is 46.5. The monoisotopic (exact) mass is 406 g/mol. The summed E-state index contributed by atoms with van der Waals surface area (Å²) in [6.45, 7) is 3.81. The van der Waals surface area contributed by atoms with Crippen LogP contribution in [0.2, 0.25) is 0 Å². The molecule has 1 aliphatic rings. The van der Waals surface area contributed by atoms with Crippen molar-refractivity contribution >= 4 is 19.9 Å². The average Bonchev–Trinajstić information content (AvgIpc) is 2.63. The maximum Gasteiger partial charge on any atom is 0.291 e. The second-order valence-electron chi connectivity index (χ2n) is 7.15. The number of hydrogen-bond donors (Lipinski definition) is 1. The first-order valence-corrected chi connectivity index (χ1v) is 12.2. The molecule has 0 amide bonds. The van der Waals surface area contributed by atoms with Crippen LogP contribution < -0.4 is 4.72 Å². The van der Waals surface area contributed by atoms with Crippen LogP contribution in [-0.2, 0) is 19.9 Å². The molecule has 27 heavy (non-hydrogen) atoms. The van der Waals surface area contributed by atoms with E-state index in [1.54, 1.807) is 24.3 Å². The Bertz CT molecular complexity index is 998. The number of rotatable bonds is 5. The highest BCUT2D eigenvalue weighted by Gasteiger charge is 2.25. The summed E-state index contributed by atoms with van der Waals surface area (Å²) in [7, 11) is -7.37. The third-order valence-corrected chi connectivity index (χ3v) is 8.85. The van der Waals surface area contributed by atoms with E-state index in [0.717, 1.165) is 43.2 Å². The van der Waals surface area contributed by atoms with Crippen LogP contribution in [0.5, 0.6) is 0 Å². The van der Waals surface area contributed by atoms with Crippen molar-refractivity contribution in [3.8, 4) is 0 Å². The molecule has 1 atom stereocenters. The molecule has 0 aliphatic heterocycles. The third-order valence-electron chi connectivity index (χ3n) is 4.79. The minimum Gasteiger partial charge on any atom is -0.228 e. The Kier molecular flexibility index (Phi) is 6.03. The van der Waals surface area contributed by atoms with E-state index in [0.29, 0.717) is 4.90 Å². The van der Waals surface area contributed by atoms with Crippen LogP contribution in [0.15, 0.2) is 62.1 Å². The van der Waals surface area contributed by atoms with Gasteiger partial charge >= 0.3 is 0 Å². The van der Waals surface area contributed by atoms with Crippen molar-refractivity contribution in [3.05, 3.63) is 59.7 Å². The second-order valence-corrected chi connectivity index (χ2v) is 10.9. The topological polar surface area (TPSA) is 75.6 Å². The molecule has 0 aromatic heterocycles. The molecular weight excluding hydrogens is 380 g/mol. The molecule has 0 saturated heterocycles. The van der Waals surface area contributed by atoms with Gasteiger partial charge in [0.25, 0.3) is 10.0 Å². The van der Waals surface area contributed by atoms with Gasteiger partial charge in [0, 0.05) is 6.04 Å². The standard InChI is InChI=1S/C20H26N2O3S2/c1-16-8-12-19(13-9-16)26(23,21-18-6-4-3-5-7-18)22-27(24,25)20-14-10-17(2)11-15-20/h8-15,18H,3-7H2,1-2H3,(H,21,22,23). The summed E-state index contributed by atoms with van der Waals surface area (Å²) in [5.41, 5.74) is 1.97. The summed E-state index contributed by atoms with van der Waals surface area (Å²) >= 11 is 0. The Hall–Kier alpha value is -1.70. The zero-order chi connectivity index (χ0) is 19.5. The fraction of sp³-hybridized carbons (Fsp3) is 0.400. The van der Waals surface area contributed by atoms with Gasteiger partial charge in [-0.2, -0.15) is 8.42 Å². The lowest BCUT2D eigenvalue weighted by atomic mass is 9.96. The minimum absolute atomic E-state index is 0.00419. The van der Waals surface area contributed by atoms with Gasteiger partial charge in [-0.05, 0) is 51.0 Å². The molecule has 1 saturated carbocycles. The molecule has 2 aromatic rings. The number of sulfonamides is 1. The second kappa shape index (κ2) is 8.12. The van der Waals surface area contributed by atoms with Gasteiger partial charge in [-0.3, -0.25) is 0 Å². The Balaban J connectivity index is 2.07. The molecule has 7 heteroatoms. The van der Waals surface area contributed by atoms with E-state index >= 15 is 0 Å². The van der Waals surface area contributed by atoms with E-state index in [9.17, 15) is 12.6 Å². The van der Waals surface area contributed by atoms with Crippen LogP contribution in [0.4, 0.5) is 0 Å². The molecule has 0 radical (unpaired) electrons. The number of hydrogen-bond acceptors (Lipinski definition) is 3. The lowest BCUT2D eigenvalue weighted by molar-refractivity contribution is 0.418. The molecule has 1 N–H and O–H groups in total. The summed E-state index contributed by atoms with van der Waals surface area (Å²) in [4.78, 5) is 0.452. The van der Waals surface area contributed by atoms with Gasteiger partial charge in [0.1, 0.15) is 0 Å². The Labute approximate surface area is 162 Å². The number of nitrogens with one attached hydrogen (secondary N) is 1. The molecule has 5 nitrogen and oxygen atoms in total. The molecule has 0 heterocycles. The van der Waals surface area contributed by atoms with E-state index in [1.807, 2.05) is 26.0 Å². The van der Waals surface area contributed by atoms with Gasteiger partial charge < -0.3 is 0 Å². The van der Waals surface area contributed by atoms with Crippen LogP contribution in [0.25, 0.3) is 0 Å². The van der Waals surface area contributed by atoms with Gasteiger partial charge in [0.05, 0.1) is 9.79 Å². The van der Waals surface area contributed by atoms with Gasteiger partial charge in [-0.1, -0.05) is 58.4 Å². The van der Waals surface area contributed by atoms with Crippen molar-refractivity contribution in [1.29, 1.82) is 0 Å². The van der Waals surface area contributed by atoms with Crippen LogP contribution in [0, 0.1) is 13.8 Å². The van der Waals surface area contributed by atoms with Gasteiger partial charge in [0.15, 0.2) is 9.92 Å².